The van der Waals surface area contributed by atoms with Gasteiger partial charge < -0.3 is 15.6 Å². The first kappa shape index (κ1) is 12.0. The maximum absolute atomic E-state index is 11.9. The van der Waals surface area contributed by atoms with Gasteiger partial charge in [-0.3, -0.25) is 0 Å². The second-order valence-corrected chi connectivity index (χ2v) is 5.36. The highest BCUT2D eigenvalue weighted by Gasteiger charge is 2.34. The molecule has 3 aromatic rings. The number of rotatable bonds is 1. The number of amides is 2. The van der Waals surface area contributed by atoms with Gasteiger partial charge in [-0.2, -0.15) is 0 Å². The van der Waals surface area contributed by atoms with E-state index < -0.39 is 0 Å². The standard InChI is InChI=1S/C17H15N3O/c18-17(21)20-10-12-4-1-2-6-13(12)16(20)14-7-3-5-11-8-9-19-15(11)14/h1-9,16,19H,10H2,(H2,18,21). The van der Waals surface area contributed by atoms with Gasteiger partial charge in [0.2, 0.25) is 0 Å². The number of nitrogens with zero attached hydrogens (tertiary/aromatic N) is 1. The van der Waals surface area contributed by atoms with E-state index in [0.29, 0.717) is 6.54 Å². The van der Waals surface area contributed by atoms with Crippen molar-refractivity contribution in [2.24, 2.45) is 5.73 Å². The summed E-state index contributed by atoms with van der Waals surface area (Å²) < 4.78 is 0. The van der Waals surface area contributed by atoms with E-state index in [0.717, 1.165) is 27.6 Å². The fourth-order valence-electron chi connectivity index (χ4n) is 3.27. The summed E-state index contributed by atoms with van der Waals surface area (Å²) in [4.78, 5) is 16.9. The van der Waals surface area contributed by atoms with Crippen LogP contribution in [-0.2, 0) is 6.54 Å². The Morgan fingerprint density at radius 3 is 2.76 bits per heavy atom. The zero-order valence-corrected chi connectivity index (χ0v) is 11.4. The predicted molar refractivity (Wildman–Crippen MR) is 81.7 cm³/mol. The van der Waals surface area contributed by atoms with Gasteiger partial charge in [0.05, 0.1) is 11.6 Å². The van der Waals surface area contributed by atoms with Crippen LogP contribution in [0.5, 0.6) is 0 Å². The second-order valence-electron chi connectivity index (χ2n) is 5.36. The molecule has 0 bridgehead atoms. The van der Waals surface area contributed by atoms with Crippen molar-refractivity contribution in [1.82, 2.24) is 9.88 Å². The molecule has 21 heavy (non-hydrogen) atoms. The van der Waals surface area contributed by atoms with Gasteiger partial charge in [-0.25, -0.2) is 4.79 Å². The number of nitrogens with two attached hydrogens (primary N) is 1. The molecule has 0 radical (unpaired) electrons. The summed E-state index contributed by atoms with van der Waals surface area (Å²) >= 11 is 0. The molecule has 1 aromatic heterocycles. The lowest BCUT2D eigenvalue weighted by molar-refractivity contribution is 0.199. The highest BCUT2D eigenvalue weighted by Crippen LogP contribution is 2.40. The Labute approximate surface area is 122 Å². The van der Waals surface area contributed by atoms with Gasteiger partial charge in [-0.15, -0.1) is 0 Å². The third kappa shape index (κ3) is 1.72. The molecule has 0 saturated heterocycles. The molecule has 4 heteroatoms. The van der Waals surface area contributed by atoms with Crippen molar-refractivity contribution in [2.45, 2.75) is 12.6 Å². The van der Waals surface area contributed by atoms with Crippen molar-refractivity contribution in [3.63, 3.8) is 0 Å². The van der Waals surface area contributed by atoms with E-state index in [-0.39, 0.29) is 12.1 Å². The zero-order chi connectivity index (χ0) is 14.4. The number of aromatic nitrogens is 1. The summed E-state index contributed by atoms with van der Waals surface area (Å²) in [5.74, 6) is 0. The number of aromatic amines is 1. The Morgan fingerprint density at radius 2 is 1.90 bits per heavy atom. The average molecular weight is 277 g/mol. The SMILES string of the molecule is NC(=O)N1Cc2ccccc2C1c1cccc2cc[nH]c12. The fraction of sp³-hybridized carbons (Fsp3) is 0.118. The summed E-state index contributed by atoms with van der Waals surface area (Å²) in [6.45, 7) is 0.563. The molecule has 104 valence electrons. The highest BCUT2D eigenvalue weighted by molar-refractivity contribution is 5.85. The number of carbonyl (C=O) groups excluding carboxylic acids is 1. The Hall–Kier alpha value is -2.75. The summed E-state index contributed by atoms with van der Waals surface area (Å²) in [6.07, 6.45) is 1.92. The number of nitrogens with one attached hydrogen (secondary N) is 1. The average Bonchev–Trinajstić information content (AvgIpc) is 3.11. The Bertz CT molecular complexity index is 837. The first-order valence-electron chi connectivity index (χ1n) is 6.95. The fourth-order valence-corrected chi connectivity index (χ4v) is 3.27. The molecule has 2 heterocycles. The normalized spacial score (nSPS) is 17.1. The third-order valence-electron chi connectivity index (χ3n) is 4.20. The molecule has 0 aliphatic carbocycles. The van der Waals surface area contributed by atoms with Crippen molar-refractivity contribution >= 4 is 16.9 Å². The van der Waals surface area contributed by atoms with Crippen molar-refractivity contribution in [1.29, 1.82) is 0 Å². The van der Waals surface area contributed by atoms with Gasteiger partial charge in [0.1, 0.15) is 0 Å². The van der Waals surface area contributed by atoms with Crippen LogP contribution in [0.4, 0.5) is 4.79 Å². The van der Waals surface area contributed by atoms with Gasteiger partial charge in [-0.05, 0) is 22.6 Å². The van der Waals surface area contributed by atoms with Crippen molar-refractivity contribution in [3.8, 4) is 0 Å². The molecule has 4 rings (SSSR count). The molecular formula is C17H15N3O. The summed E-state index contributed by atoms with van der Waals surface area (Å²) in [7, 11) is 0. The Balaban J connectivity index is 1.96. The van der Waals surface area contributed by atoms with Gasteiger partial charge in [-0.1, -0.05) is 42.5 Å². The van der Waals surface area contributed by atoms with Gasteiger partial charge in [0.15, 0.2) is 0 Å². The molecule has 2 aromatic carbocycles. The maximum Gasteiger partial charge on any atom is 0.315 e. The smallest absolute Gasteiger partial charge is 0.315 e. The van der Waals surface area contributed by atoms with Gasteiger partial charge in [0.25, 0.3) is 0 Å². The van der Waals surface area contributed by atoms with Gasteiger partial charge in [0, 0.05) is 18.3 Å². The number of H-pyrrole nitrogens is 1. The van der Waals surface area contributed by atoms with E-state index in [4.69, 9.17) is 5.73 Å². The number of fused-ring (bicyclic) bond motifs is 2. The Kier molecular flexibility index (Phi) is 2.51. The lowest BCUT2D eigenvalue weighted by Crippen LogP contribution is -2.34. The van der Waals surface area contributed by atoms with Crippen LogP contribution in [0.2, 0.25) is 0 Å². The number of urea groups is 1. The first-order chi connectivity index (χ1) is 10.3. The number of primary amides is 1. The number of hydrogen-bond acceptors (Lipinski definition) is 1. The number of para-hydroxylation sites is 1. The third-order valence-corrected chi connectivity index (χ3v) is 4.20. The highest BCUT2D eigenvalue weighted by atomic mass is 16.2. The molecule has 1 aliphatic rings. The van der Waals surface area contributed by atoms with Gasteiger partial charge >= 0.3 is 6.03 Å². The molecule has 0 fully saturated rings. The Morgan fingerprint density at radius 1 is 1.10 bits per heavy atom. The van der Waals surface area contributed by atoms with Crippen LogP contribution in [0.1, 0.15) is 22.7 Å². The topological polar surface area (TPSA) is 62.1 Å². The minimum absolute atomic E-state index is 0.124. The predicted octanol–water partition coefficient (Wildman–Crippen LogP) is 3.15. The minimum Gasteiger partial charge on any atom is -0.361 e. The van der Waals surface area contributed by atoms with Crippen LogP contribution in [0.3, 0.4) is 0 Å². The summed E-state index contributed by atoms with van der Waals surface area (Å²) in [6, 6.07) is 15.8. The van der Waals surface area contributed by atoms with Crippen molar-refractivity contribution in [2.75, 3.05) is 0 Å². The van der Waals surface area contributed by atoms with Crippen LogP contribution in [0.25, 0.3) is 10.9 Å². The zero-order valence-electron chi connectivity index (χ0n) is 11.4. The van der Waals surface area contributed by atoms with Crippen LogP contribution in [0, 0.1) is 0 Å². The van der Waals surface area contributed by atoms with E-state index in [1.165, 1.54) is 0 Å². The number of benzene rings is 2. The molecule has 3 N–H and O–H groups in total. The lowest BCUT2D eigenvalue weighted by Gasteiger charge is -2.24. The molecule has 0 spiro atoms. The molecule has 2 amide bonds. The van der Waals surface area contributed by atoms with Crippen LogP contribution in [-0.4, -0.2) is 15.9 Å². The molecule has 1 unspecified atom stereocenters. The molecule has 4 nitrogen and oxygen atoms in total. The first-order valence-corrected chi connectivity index (χ1v) is 6.95. The van der Waals surface area contributed by atoms with E-state index in [1.54, 1.807) is 4.90 Å². The van der Waals surface area contributed by atoms with E-state index in [2.05, 4.69) is 29.2 Å². The molecular weight excluding hydrogens is 262 g/mol. The van der Waals surface area contributed by atoms with Crippen LogP contribution < -0.4 is 5.73 Å². The van der Waals surface area contributed by atoms with Crippen LogP contribution in [0.15, 0.2) is 54.7 Å². The van der Waals surface area contributed by atoms with E-state index >= 15 is 0 Å². The second kappa shape index (κ2) is 4.38. The monoisotopic (exact) mass is 277 g/mol. The minimum atomic E-state index is -0.389. The lowest BCUT2D eigenvalue weighted by atomic mass is 9.96. The number of carbonyl (C=O) groups is 1. The summed E-state index contributed by atoms with van der Waals surface area (Å²) in [5.41, 5.74) is 10.1. The molecule has 0 saturated carbocycles. The molecule has 1 atom stereocenters. The van der Waals surface area contributed by atoms with Crippen molar-refractivity contribution in [3.05, 3.63) is 71.4 Å². The largest absolute Gasteiger partial charge is 0.361 e. The maximum atomic E-state index is 11.9. The van der Waals surface area contributed by atoms with Crippen LogP contribution >= 0.6 is 0 Å². The number of hydrogen-bond donors (Lipinski definition) is 2. The van der Waals surface area contributed by atoms with Crippen molar-refractivity contribution < 1.29 is 4.79 Å². The van der Waals surface area contributed by atoms with E-state index in [1.807, 2.05) is 30.5 Å². The quantitative estimate of drug-likeness (QED) is 0.705. The van der Waals surface area contributed by atoms with E-state index in [9.17, 15) is 4.79 Å². The molecule has 1 aliphatic heterocycles. The summed E-state index contributed by atoms with van der Waals surface area (Å²) in [5, 5.41) is 1.14.